The molecule has 0 aliphatic carbocycles. The Morgan fingerprint density at radius 3 is 2.62 bits per heavy atom. The van der Waals surface area contributed by atoms with Crippen LogP contribution in [0.5, 0.6) is 0 Å². The molecule has 2 atom stereocenters. The summed E-state index contributed by atoms with van der Waals surface area (Å²) >= 11 is 0. The van der Waals surface area contributed by atoms with Gasteiger partial charge in [0, 0.05) is 13.0 Å². The number of amides is 2. The quantitative estimate of drug-likeness (QED) is 0.704. The number of carbonyl (C=O) groups is 2. The fourth-order valence-corrected chi connectivity index (χ4v) is 1.58. The maximum Gasteiger partial charge on any atom is 0.407 e. The lowest BCUT2D eigenvalue weighted by Gasteiger charge is -2.30. The van der Waals surface area contributed by atoms with E-state index in [1.165, 1.54) is 0 Å². The van der Waals surface area contributed by atoms with Crippen molar-refractivity contribution in [2.75, 3.05) is 6.54 Å². The molecule has 1 saturated heterocycles. The summed E-state index contributed by atoms with van der Waals surface area (Å²) < 4.78 is 5.15. The summed E-state index contributed by atoms with van der Waals surface area (Å²) in [7, 11) is 0. The summed E-state index contributed by atoms with van der Waals surface area (Å²) in [6.45, 7) is 7.87. The largest absolute Gasteiger partial charge is 0.444 e. The lowest BCUT2D eigenvalue weighted by atomic mass is 9.94. The third-order valence-corrected chi connectivity index (χ3v) is 2.42. The maximum atomic E-state index is 11.5. The van der Waals surface area contributed by atoms with Crippen molar-refractivity contribution < 1.29 is 14.3 Å². The second-order valence-corrected chi connectivity index (χ2v) is 5.24. The van der Waals surface area contributed by atoms with Crippen molar-refractivity contribution in [2.24, 2.45) is 5.92 Å². The van der Waals surface area contributed by atoms with Gasteiger partial charge >= 0.3 is 6.09 Å². The Labute approximate surface area is 95.9 Å². The van der Waals surface area contributed by atoms with Gasteiger partial charge in [0.25, 0.3) is 0 Å². The molecular weight excluding hydrogens is 208 g/mol. The van der Waals surface area contributed by atoms with Crippen molar-refractivity contribution in [3.63, 3.8) is 0 Å². The highest BCUT2D eigenvalue weighted by molar-refractivity contribution is 5.77. The molecule has 0 spiro atoms. The molecular formula is C11H20N2O3. The number of carbonyl (C=O) groups excluding carboxylic acids is 2. The predicted molar refractivity (Wildman–Crippen MR) is 59.9 cm³/mol. The van der Waals surface area contributed by atoms with Gasteiger partial charge in [-0.3, -0.25) is 4.79 Å². The number of rotatable bonds is 1. The van der Waals surface area contributed by atoms with Crippen molar-refractivity contribution in [1.82, 2.24) is 10.6 Å². The van der Waals surface area contributed by atoms with E-state index in [1.807, 2.05) is 27.7 Å². The number of nitrogens with one attached hydrogen (secondary N) is 2. The summed E-state index contributed by atoms with van der Waals surface area (Å²) in [4.78, 5) is 22.6. The molecule has 0 aromatic carbocycles. The molecule has 5 nitrogen and oxygen atoms in total. The monoisotopic (exact) mass is 228 g/mol. The van der Waals surface area contributed by atoms with E-state index in [-0.39, 0.29) is 17.9 Å². The highest BCUT2D eigenvalue weighted by atomic mass is 16.6. The Kier molecular flexibility index (Phi) is 3.78. The fraction of sp³-hybridized carbons (Fsp3) is 0.818. The van der Waals surface area contributed by atoms with Crippen LogP contribution in [0.25, 0.3) is 0 Å². The zero-order valence-corrected chi connectivity index (χ0v) is 10.3. The molecule has 1 aliphatic rings. The van der Waals surface area contributed by atoms with Crippen molar-refractivity contribution in [3.05, 3.63) is 0 Å². The first-order valence-electron chi connectivity index (χ1n) is 5.54. The third kappa shape index (κ3) is 4.08. The van der Waals surface area contributed by atoms with Crippen LogP contribution in [-0.2, 0) is 9.53 Å². The first-order valence-corrected chi connectivity index (χ1v) is 5.54. The van der Waals surface area contributed by atoms with Crippen LogP contribution in [0, 0.1) is 5.92 Å². The molecule has 0 radical (unpaired) electrons. The number of hydrogen-bond acceptors (Lipinski definition) is 3. The predicted octanol–water partition coefficient (Wildman–Crippen LogP) is 1.04. The fourth-order valence-electron chi connectivity index (χ4n) is 1.58. The van der Waals surface area contributed by atoms with Crippen LogP contribution in [0.15, 0.2) is 0 Å². The smallest absolute Gasteiger partial charge is 0.407 e. The number of hydrogen-bond donors (Lipinski definition) is 2. The topological polar surface area (TPSA) is 67.4 Å². The maximum absolute atomic E-state index is 11.5. The molecule has 0 unspecified atom stereocenters. The highest BCUT2D eigenvalue weighted by Crippen LogP contribution is 2.13. The van der Waals surface area contributed by atoms with Crippen LogP contribution in [0.3, 0.4) is 0 Å². The van der Waals surface area contributed by atoms with Gasteiger partial charge in [-0.2, -0.15) is 0 Å². The first kappa shape index (κ1) is 12.8. The van der Waals surface area contributed by atoms with E-state index in [0.29, 0.717) is 13.0 Å². The van der Waals surface area contributed by atoms with E-state index in [4.69, 9.17) is 4.74 Å². The van der Waals surface area contributed by atoms with E-state index >= 15 is 0 Å². The first-order chi connectivity index (χ1) is 7.28. The third-order valence-electron chi connectivity index (χ3n) is 2.42. The molecule has 16 heavy (non-hydrogen) atoms. The molecule has 1 fully saturated rings. The molecule has 1 aliphatic heterocycles. The Balaban J connectivity index is 2.42. The van der Waals surface area contributed by atoms with Crippen molar-refractivity contribution >= 4 is 12.0 Å². The minimum absolute atomic E-state index is 0.0368. The van der Waals surface area contributed by atoms with Crippen LogP contribution in [-0.4, -0.2) is 30.2 Å². The molecule has 92 valence electrons. The van der Waals surface area contributed by atoms with Gasteiger partial charge in [0.15, 0.2) is 0 Å². The van der Waals surface area contributed by atoms with Crippen LogP contribution < -0.4 is 10.6 Å². The van der Waals surface area contributed by atoms with Gasteiger partial charge in [0.05, 0.1) is 6.04 Å². The van der Waals surface area contributed by atoms with Gasteiger partial charge in [0.2, 0.25) is 5.91 Å². The molecule has 0 aromatic rings. The Hall–Kier alpha value is -1.26. The van der Waals surface area contributed by atoms with Crippen LogP contribution >= 0.6 is 0 Å². The van der Waals surface area contributed by atoms with Gasteiger partial charge < -0.3 is 15.4 Å². The molecule has 5 heteroatoms. The van der Waals surface area contributed by atoms with Gasteiger partial charge in [-0.1, -0.05) is 6.92 Å². The molecule has 2 amide bonds. The number of piperidine rings is 1. The van der Waals surface area contributed by atoms with E-state index < -0.39 is 11.7 Å². The van der Waals surface area contributed by atoms with E-state index in [9.17, 15) is 9.59 Å². The molecule has 2 N–H and O–H groups in total. The molecule has 1 rings (SSSR count). The average molecular weight is 228 g/mol. The lowest BCUT2D eigenvalue weighted by molar-refractivity contribution is -0.123. The van der Waals surface area contributed by atoms with E-state index in [0.717, 1.165) is 0 Å². The molecule has 0 bridgehead atoms. The SMILES string of the molecule is C[C@H]1CC(=O)NC[C@@H]1NC(=O)OC(C)(C)C. The second kappa shape index (κ2) is 4.72. The molecule has 0 aromatic heterocycles. The zero-order chi connectivity index (χ0) is 12.3. The summed E-state index contributed by atoms with van der Waals surface area (Å²) in [5, 5.41) is 5.49. The second-order valence-electron chi connectivity index (χ2n) is 5.24. The number of ether oxygens (including phenoxy) is 1. The summed E-state index contributed by atoms with van der Waals surface area (Å²) in [6, 6.07) is -0.0486. The van der Waals surface area contributed by atoms with Crippen molar-refractivity contribution in [1.29, 1.82) is 0 Å². The normalized spacial score (nSPS) is 25.9. The lowest BCUT2D eigenvalue weighted by Crippen LogP contribution is -2.53. The Bertz CT molecular complexity index is 283. The zero-order valence-electron chi connectivity index (χ0n) is 10.3. The minimum atomic E-state index is -0.495. The van der Waals surface area contributed by atoms with Gasteiger partial charge in [-0.25, -0.2) is 4.79 Å². The summed E-state index contributed by atoms with van der Waals surface area (Å²) in [6.07, 6.45) is 0.0148. The summed E-state index contributed by atoms with van der Waals surface area (Å²) in [5.41, 5.74) is -0.495. The van der Waals surface area contributed by atoms with Gasteiger partial charge in [0.1, 0.15) is 5.60 Å². The average Bonchev–Trinajstić information content (AvgIpc) is 2.06. The van der Waals surface area contributed by atoms with Crippen LogP contribution in [0.4, 0.5) is 4.79 Å². The van der Waals surface area contributed by atoms with E-state index in [2.05, 4.69) is 10.6 Å². The van der Waals surface area contributed by atoms with Gasteiger partial charge in [-0.15, -0.1) is 0 Å². The van der Waals surface area contributed by atoms with Crippen molar-refractivity contribution in [2.45, 2.75) is 45.8 Å². The Morgan fingerprint density at radius 2 is 2.12 bits per heavy atom. The number of alkyl carbamates (subject to hydrolysis) is 1. The van der Waals surface area contributed by atoms with Crippen LogP contribution in [0.1, 0.15) is 34.1 Å². The molecule has 0 saturated carbocycles. The van der Waals surface area contributed by atoms with E-state index in [1.54, 1.807) is 0 Å². The minimum Gasteiger partial charge on any atom is -0.444 e. The van der Waals surface area contributed by atoms with Gasteiger partial charge in [-0.05, 0) is 26.7 Å². The Morgan fingerprint density at radius 1 is 1.50 bits per heavy atom. The van der Waals surface area contributed by atoms with Crippen molar-refractivity contribution in [3.8, 4) is 0 Å². The van der Waals surface area contributed by atoms with Crippen LogP contribution in [0.2, 0.25) is 0 Å². The highest BCUT2D eigenvalue weighted by Gasteiger charge is 2.28. The molecule has 1 heterocycles. The summed E-state index contributed by atoms with van der Waals surface area (Å²) in [5.74, 6) is 0.177. The standard InChI is InChI=1S/C11H20N2O3/c1-7-5-9(14)12-6-8(7)13-10(15)16-11(2,3)4/h7-8H,5-6H2,1-4H3,(H,12,14)(H,13,15)/t7-,8-/m0/s1.